The number of carbonyl (C=O) groups is 3. The van der Waals surface area contributed by atoms with E-state index in [1.807, 2.05) is 30.3 Å². The van der Waals surface area contributed by atoms with Crippen LogP contribution in [0.5, 0.6) is 0 Å². The van der Waals surface area contributed by atoms with Crippen LogP contribution in [0.25, 0.3) is 11.1 Å². The van der Waals surface area contributed by atoms with E-state index in [1.165, 1.54) is 0 Å². The van der Waals surface area contributed by atoms with E-state index in [9.17, 15) is 19.5 Å². The molecule has 10 heteroatoms. The number of nitrogens with zero attached hydrogens (tertiary/aromatic N) is 1. The molecule has 1 aliphatic rings. The Balaban J connectivity index is 1.74. The highest BCUT2D eigenvalue weighted by atomic mass is 35.5. The number of aliphatic hydroxyl groups is 1. The molecule has 6 N–H and O–H groups in total. The number of nitrogens with two attached hydrogens (primary N) is 1. The minimum atomic E-state index is -1.44. The number of amides is 3. The zero-order valence-corrected chi connectivity index (χ0v) is 26.0. The highest BCUT2D eigenvalue weighted by Crippen LogP contribution is 2.46. The van der Waals surface area contributed by atoms with Crippen LogP contribution in [0.2, 0.25) is 5.02 Å². The number of piperidine rings is 1. The second-order valence-electron chi connectivity index (χ2n) is 11.3. The average Bonchev–Trinajstić information content (AvgIpc) is 3.02. The van der Waals surface area contributed by atoms with Crippen molar-refractivity contribution in [3.05, 3.63) is 93.5 Å². The molecule has 0 bridgehead atoms. The van der Waals surface area contributed by atoms with Crippen molar-refractivity contribution in [2.75, 3.05) is 26.7 Å². The Morgan fingerprint density at radius 1 is 1.07 bits per heavy atom. The molecule has 0 saturated carbocycles. The molecule has 1 aliphatic heterocycles. The van der Waals surface area contributed by atoms with Gasteiger partial charge in [-0.05, 0) is 79.6 Å². The minimum Gasteiger partial charge on any atom is -0.465 e. The number of rotatable bonds is 12. The second-order valence-corrected chi connectivity index (χ2v) is 11.7. The van der Waals surface area contributed by atoms with E-state index < -0.39 is 23.5 Å². The van der Waals surface area contributed by atoms with E-state index in [4.69, 9.17) is 22.4 Å². The summed E-state index contributed by atoms with van der Waals surface area (Å²) in [5.74, 6) is -1.39. The molecule has 0 aliphatic carbocycles. The lowest BCUT2D eigenvalue weighted by Gasteiger charge is -2.44. The van der Waals surface area contributed by atoms with Crippen molar-refractivity contribution in [1.29, 1.82) is 0 Å². The highest BCUT2D eigenvalue weighted by Gasteiger charge is 2.43. The Kier molecular flexibility index (Phi) is 11.0. The first-order valence-corrected chi connectivity index (χ1v) is 15.4. The minimum absolute atomic E-state index is 0.160. The van der Waals surface area contributed by atoms with Gasteiger partial charge in [0.1, 0.15) is 0 Å². The summed E-state index contributed by atoms with van der Waals surface area (Å²) in [5.41, 5.74) is 8.83. The van der Waals surface area contributed by atoms with E-state index in [1.54, 1.807) is 36.2 Å². The molecule has 4 rings (SSSR count). The average molecular weight is 621 g/mol. The second kappa shape index (κ2) is 14.7. The topological polar surface area (TPSA) is 145 Å². The van der Waals surface area contributed by atoms with Crippen molar-refractivity contribution in [3.8, 4) is 11.1 Å². The molecule has 0 spiro atoms. The molecule has 1 unspecified atom stereocenters. The SMILES string of the molecule is CCc1cccc(-c2c(Cl)cccc2C(O)(CCCNC(=O)O)[C@@H]2CCCN(C(=O)c3ccc(CNC)cc3C(N)=O)C2)c1. The Morgan fingerprint density at radius 3 is 2.55 bits per heavy atom. The van der Waals surface area contributed by atoms with Crippen LogP contribution in [-0.4, -0.2) is 59.7 Å². The lowest BCUT2D eigenvalue weighted by Crippen LogP contribution is -2.48. The molecule has 1 fully saturated rings. The van der Waals surface area contributed by atoms with Crippen LogP contribution in [0.4, 0.5) is 4.79 Å². The Morgan fingerprint density at radius 2 is 1.84 bits per heavy atom. The van der Waals surface area contributed by atoms with E-state index in [0.29, 0.717) is 42.9 Å². The number of likely N-dealkylation sites (tertiary alicyclic amines) is 1. The normalized spacial score (nSPS) is 16.3. The summed E-state index contributed by atoms with van der Waals surface area (Å²) in [7, 11) is 1.79. The van der Waals surface area contributed by atoms with Crippen molar-refractivity contribution in [2.24, 2.45) is 11.7 Å². The molecule has 234 valence electrons. The lowest BCUT2D eigenvalue weighted by atomic mass is 9.72. The summed E-state index contributed by atoms with van der Waals surface area (Å²) in [6.45, 7) is 3.45. The van der Waals surface area contributed by atoms with Gasteiger partial charge >= 0.3 is 6.09 Å². The van der Waals surface area contributed by atoms with E-state index in [-0.39, 0.29) is 36.5 Å². The first-order chi connectivity index (χ1) is 21.1. The first-order valence-electron chi connectivity index (χ1n) is 15.0. The highest BCUT2D eigenvalue weighted by molar-refractivity contribution is 6.33. The van der Waals surface area contributed by atoms with Gasteiger partial charge < -0.3 is 31.5 Å². The Hall–Kier alpha value is -3.92. The van der Waals surface area contributed by atoms with E-state index >= 15 is 0 Å². The third-order valence-electron chi connectivity index (χ3n) is 8.46. The van der Waals surface area contributed by atoms with Gasteiger partial charge in [-0.1, -0.05) is 61.0 Å². The van der Waals surface area contributed by atoms with Gasteiger partial charge in [-0.25, -0.2) is 4.79 Å². The van der Waals surface area contributed by atoms with Crippen molar-refractivity contribution in [2.45, 2.75) is 51.2 Å². The Bertz CT molecular complexity index is 1510. The molecule has 3 aromatic carbocycles. The van der Waals surface area contributed by atoms with E-state index in [2.05, 4.69) is 23.6 Å². The molecule has 9 nitrogen and oxygen atoms in total. The molecule has 0 aromatic heterocycles. The fourth-order valence-electron chi connectivity index (χ4n) is 6.25. The number of carboxylic acid groups (broad SMARTS) is 1. The van der Waals surface area contributed by atoms with Crippen LogP contribution in [-0.2, 0) is 18.6 Å². The summed E-state index contributed by atoms with van der Waals surface area (Å²) in [4.78, 5) is 39.1. The third-order valence-corrected chi connectivity index (χ3v) is 8.77. The fraction of sp³-hybridized carbons (Fsp3) is 0.382. The summed E-state index contributed by atoms with van der Waals surface area (Å²) >= 11 is 6.83. The maximum Gasteiger partial charge on any atom is 0.404 e. The van der Waals surface area contributed by atoms with Crippen molar-refractivity contribution in [1.82, 2.24) is 15.5 Å². The van der Waals surface area contributed by atoms with Crippen LogP contribution in [0.3, 0.4) is 0 Å². The van der Waals surface area contributed by atoms with Crippen LogP contribution < -0.4 is 16.4 Å². The number of nitrogens with one attached hydrogen (secondary N) is 2. The summed E-state index contributed by atoms with van der Waals surface area (Å²) in [6, 6.07) is 18.6. The largest absolute Gasteiger partial charge is 0.465 e. The summed E-state index contributed by atoms with van der Waals surface area (Å²) < 4.78 is 0. The molecular weight excluding hydrogens is 580 g/mol. The molecule has 1 heterocycles. The van der Waals surface area contributed by atoms with Crippen molar-refractivity contribution < 1.29 is 24.6 Å². The van der Waals surface area contributed by atoms with Gasteiger partial charge in [-0.2, -0.15) is 0 Å². The number of hydrogen-bond donors (Lipinski definition) is 5. The van der Waals surface area contributed by atoms with Gasteiger partial charge in [0.25, 0.3) is 5.91 Å². The predicted molar refractivity (Wildman–Crippen MR) is 172 cm³/mol. The molecule has 2 atom stereocenters. The lowest BCUT2D eigenvalue weighted by molar-refractivity contribution is -0.0563. The summed E-state index contributed by atoms with van der Waals surface area (Å²) in [6.07, 6.45) is 1.59. The van der Waals surface area contributed by atoms with Gasteiger partial charge in [0.15, 0.2) is 0 Å². The van der Waals surface area contributed by atoms with Crippen LogP contribution in [0.1, 0.15) is 70.0 Å². The molecule has 44 heavy (non-hydrogen) atoms. The molecule has 1 saturated heterocycles. The van der Waals surface area contributed by atoms with Gasteiger partial charge in [0, 0.05) is 42.7 Å². The predicted octanol–water partition coefficient (Wildman–Crippen LogP) is 5.18. The van der Waals surface area contributed by atoms with Gasteiger partial charge in [-0.3, -0.25) is 9.59 Å². The van der Waals surface area contributed by atoms with Gasteiger partial charge in [0.2, 0.25) is 5.91 Å². The monoisotopic (exact) mass is 620 g/mol. The number of hydrogen-bond acceptors (Lipinski definition) is 5. The first kappa shape index (κ1) is 33.0. The number of carbonyl (C=O) groups excluding carboxylic acids is 2. The molecule has 3 aromatic rings. The van der Waals surface area contributed by atoms with Gasteiger partial charge in [0.05, 0.1) is 16.7 Å². The zero-order valence-electron chi connectivity index (χ0n) is 25.2. The number of aryl methyl sites for hydroxylation is 1. The maximum absolute atomic E-state index is 13.9. The molecule has 3 amide bonds. The van der Waals surface area contributed by atoms with Crippen LogP contribution in [0.15, 0.2) is 60.7 Å². The van der Waals surface area contributed by atoms with E-state index in [0.717, 1.165) is 28.7 Å². The number of primary amides is 1. The van der Waals surface area contributed by atoms with Crippen molar-refractivity contribution in [3.63, 3.8) is 0 Å². The summed E-state index contributed by atoms with van der Waals surface area (Å²) in [5, 5.41) is 27.8. The standard InChI is InChI=1S/C34H41ClN4O5/c1-3-22-8-4-9-24(18-22)30-28(11-5-12-29(30)35)34(44,15-7-16-38-33(42)43)25-10-6-17-39(21-25)32(41)26-14-13-23(20-37-2)19-27(26)31(36)40/h4-5,8-9,11-14,18-19,25,37-38,44H,3,6-7,10,15-17,20-21H2,1-2H3,(H2,36,40)(H,42,43)/t25-,34?/m1/s1. The number of benzene rings is 3. The fourth-order valence-corrected chi connectivity index (χ4v) is 6.54. The maximum atomic E-state index is 13.9. The molecule has 0 radical (unpaired) electrons. The zero-order chi connectivity index (χ0) is 31.9. The van der Waals surface area contributed by atoms with Crippen LogP contribution >= 0.6 is 11.6 Å². The van der Waals surface area contributed by atoms with Crippen LogP contribution in [0, 0.1) is 5.92 Å². The number of halogens is 1. The third kappa shape index (κ3) is 7.41. The molecular formula is C34H41ClN4O5. The smallest absolute Gasteiger partial charge is 0.404 e. The quantitative estimate of drug-likeness (QED) is 0.177. The Labute approximate surface area is 263 Å². The van der Waals surface area contributed by atoms with Crippen molar-refractivity contribution >= 4 is 29.5 Å². The van der Waals surface area contributed by atoms with Gasteiger partial charge in [-0.15, -0.1) is 0 Å².